The molecular weight excluding hydrogens is 845 g/mol. The molecule has 2 nitrogen and oxygen atoms in total. The smallest absolute Gasteiger partial charge is 0.0502 e. The number of benzene rings is 10. The van der Waals surface area contributed by atoms with Gasteiger partial charge in [0.1, 0.15) is 0 Å². The highest BCUT2D eigenvalue weighted by molar-refractivity contribution is 6.26. The summed E-state index contributed by atoms with van der Waals surface area (Å²) in [7, 11) is 0. The third kappa shape index (κ3) is 5.62. The molecule has 2 spiro atoms. The third-order valence-electron chi connectivity index (χ3n) is 17.6. The van der Waals surface area contributed by atoms with Gasteiger partial charge in [0.2, 0.25) is 0 Å². The summed E-state index contributed by atoms with van der Waals surface area (Å²) in [5, 5.41) is 10.1. The van der Waals surface area contributed by atoms with E-state index in [9.17, 15) is 0 Å². The Bertz CT molecular complexity index is 3810. The van der Waals surface area contributed by atoms with Crippen molar-refractivity contribution in [2.24, 2.45) is 0 Å². The maximum absolute atomic E-state index is 2.63. The van der Waals surface area contributed by atoms with Gasteiger partial charge in [0.15, 0.2) is 0 Å². The predicted octanol–water partition coefficient (Wildman–Crippen LogP) is 18.8. The molecule has 2 heterocycles. The van der Waals surface area contributed by atoms with Crippen molar-refractivity contribution in [2.45, 2.75) is 75.0 Å². The number of fused-ring (bicyclic) bond motifs is 11. The van der Waals surface area contributed by atoms with E-state index >= 15 is 0 Å². The highest BCUT2D eigenvalue weighted by atomic mass is 15.2. The van der Waals surface area contributed by atoms with E-state index < -0.39 is 0 Å². The van der Waals surface area contributed by atoms with Crippen molar-refractivity contribution in [3.05, 3.63) is 234 Å². The topological polar surface area (TPSA) is 6.48 Å². The molecule has 336 valence electrons. The quantitative estimate of drug-likeness (QED) is 0.162. The Morgan fingerprint density at radius 1 is 0.357 bits per heavy atom. The molecule has 5 aliphatic rings. The van der Waals surface area contributed by atoms with Crippen LogP contribution in [0.2, 0.25) is 0 Å². The van der Waals surface area contributed by atoms with E-state index in [1.54, 1.807) is 5.57 Å². The number of hydrogen-bond donors (Lipinski definition) is 0. The predicted molar refractivity (Wildman–Crippen MR) is 295 cm³/mol. The summed E-state index contributed by atoms with van der Waals surface area (Å²) < 4.78 is 0. The molecule has 10 aromatic carbocycles. The first-order chi connectivity index (χ1) is 34.7. The van der Waals surface area contributed by atoms with Crippen LogP contribution in [-0.4, -0.2) is 0 Å². The molecule has 70 heavy (non-hydrogen) atoms. The van der Waals surface area contributed by atoms with Crippen LogP contribution in [0.5, 0.6) is 0 Å². The summed E-state index contributed by atoms with van der Waals surface area (Å²) in [5.74, 6) is 0. The van der Waals surface area contributed by atoms with Crippen molar-refractivity contribution in [2.75, 3.05) is 9.80 Å². The van der Waals surface area contributed by atoms with Crippen molar-refractivity contribution in [3.8, 4) is 22.3 Å². The van der Waals surface area contributed by atoms with E-state index in [1.165, 1.54) is 168 Å². The number of hydrogen-bond acceptors (Lipinski definition) is 2. The SMILES string of the molecule is C1=CC2=C(CC1)C1(CCCC1)c1ccccc1N2c1ccc2c(-c3cccc4ccccc34)c3cc(N4c5ccccc5C5(CCCC5)c5ccccc54)ccc3c(-c3cccc4ccccc34)c2c1. The van der Waals surface area contributed by atoms with Gasteiger partial charge >= 0.3 is 0 Å². The molecule has 0 bridgehead atoms. The van der Waals surface area contributed by atoms with Crippen LogP contribution in [0.3, 0.4) is 0 Å². The van der Waals surface area contributed by atoms with E-state index in [4.69, 9.17) is 0 Å². The van der Waals surface area contributed by atoms with Crippen LogP contribution in [-0.2, 0) is 10.8 Å². The highest BCUT2D eigenvalue weighted by Crippen LogP contribution is 2.61. The van der Waals surface area contributed by atoms with Crippen molar-refractivity contribution in [3.63, 3.8) is 0 Å². The second-order valence-electron chi connectivity index (χ2n) is 20.9. The molecule has 0 unspecified atom stereocenters. The Morgan fingerprint density at radius 3 is 1.36 bits per heavy atom. The molecule has 15 rings (SSSR count). The van der Waals surface area contributed by atoms with Crippen molar-refractivity contribution in [1.82, 2.24) is 0 Å². The molecule has 3 aliphatic carbocycles. The first kappa shape index (κ1) is 40.2. The van der Waals surface area contributed by atoms with Crippen LogP contribution in [0, 0.1) is 0 Å². The van der Waals surface area contributed by atoms with Gasteiger partial charge in [-0.1, -0.05) is 183 Å². The first-order valence-electron chi connectivity index (χ1n) is 26.0. The van der Waals surface area contributed by atoms with E-state index in [1.807, 2.05) is 0 Å². The van der Waals surface area contributed by atoms with Crippen molar-refractivity contribution < 1.29 is 0 Å². The average Bonchev–Trinajstić information content (AvgIpc) is 4.13. The summed E-state index contributed by atoms with van der Waals surface area (Å²) in [4.78, 5) is 5.21. The molecule has 10 aromatic rings. The molecule has 0 amide bonds. The number of anilines is 5. The second-order valence-corrected chi connectivity index (χ2v) is 20.9. The fourth-order valence-electron chi connectivity index (χ4n) is 14.7. The molecule has 0 atom stereocenters. The zero-order valence-electron chi connectivity index (χ0n) is 39.6. The normalized spacial score (nSPS) is 17.5. The zero-order valence-corrected chi connectivity index (χ0v) is 39.6. The highest BCUT2D eigenvalue weighted by Gasteiger charge is 2.47. The van der Waals surface area contributed by atoms with E-state index in [0.29, 0.717) is 0 Å². The minimum Gasteiger partial charge on any atom is -0.310 e. The fourth-order valence-corrected chi connectivity index (χ4v) is 14.7. The van der Waals surface area contributed by atoms with Crippen molar-refractivity contribution in [1.29, 1.82) is 0 Å². The third-order valence-corrected chi connectivity index (χ3v) is 17.6. The minimum absolute atomic E-state index is 0.0425. The van der Waals surface area contributed by atoms with Gasteiger partial charge in [-0.05, 0) is 175 Å². The van der Waals surface area contributed by atoms with Gasteiger partial charge in [0.05, 0.1) is 17.1 Å². The second kappa shape index (κ2) is 15.4. The van der Waals surface area contributed by atoms with Gasteiger partial charge in [-0.15, -0.1) is 0 Å². The number of rotatable bonds is 4. The van der Waals surface area contributed by atoms with Gasteiger partial charge in [-0.3, -0.25) is 0 Å². The summed E-state index contributed by atoms with van der Waals surface area (Å²) in [6, 6.07) is 74.7. The van der Waals surface area contributed by atoms with Gasteiger partial charge in [0, 0.05) is 27.9 Å². The van der Waals surface area contributed by atoms with Crippen LogP contribution >= 0.6 is 0 Å². The van der Waals surface area contributed by atoms with Gasteiger partial charge in [-0.2, -0.15) is 0 Å². The Balaban J connectivity index is 1.06. The Kier molecular flexibility index (Phi) is 8.86. The molecule has 0 radical (unpaired) electrons. The molecule has 2 aliphatic heterocycles. The van der Waals surface area contributed by atoms with Gasteiger partial charge in [0.25, 0.3) is 0 Å². The minimum atomic E-state index is 0.0425. The standard InChI is InChI=1S/C68H54N2/c1-3-23-49-45(19-1)21-17-25-51(49)65-53-37-35-48(70-63-33-11-7-29-59(63)68(41-15-16-42-68)60-30-8-12-34-64(60)70)44-56(53)66(52-26-18-22-46-20-2-4-24-50(46)52)54-38-36-47(43-55(54)65)69-61-31-9-5-27-57(61)67(39-13-14-40-67)58-28-6-10-32-62(58)69/h1-7,9-12,17-29,31-38,43-44H,8,13-16,30,39-42H2. The van der Waals surface area contributed by atoms with E-state index in [2.05, 4.69) is 216 Å². The Labute approximate surface area is 410 Å². The Hall–Kier alpha value is -7.68. The maximum Gasteiger partial charge on any atom is 0.0502 e. The lowest BCUT2D eigenvalue weighted by Crippen LogP contribution is -2.37. The molecule has 2 fully saturated rings. The van der Waals surface area contributed by atoms with Crippen LogP contribution < -0.4 is 9.80 Å². The number of nitrogens with zero attached hydrogens (tertiary/aromatic N) is 2. The molecule has 0 N–H and O–H groups in total. The number of allylic oxidation sites excluding steroid dienone is 3. The number of para-hydroxylation sites is 3. The van der Waals surface area contributed by atoms with E-state index in [-0.39, 0.29) is 10.8 Å². The largest absolute Gasteiger partial charge is 0.310 e. The first-order valence-corrected chi connectivity index (χ1v) is 26.0. The average molecular weight is 899 g/mol. The molecule has 2 saturated carbocycles. The molecule has 2 heteroatoms. The molecule has 0 aromatic heterocycles. The van der Waals surface area contributed by atoms with Crippen LogP contribution in [0.1, 0.15) is 80.9 Å². The summed E-state index contributed by atoms with van der Waals surface area (Å²) in [6.45, 7) is 0. The maximum atomic E-state index is 2.63. The monoisotopic (exact) mass is 898 g/mol. The van der Waals surface area contributed by atoms with E-state index in [0.717, 1.165) is 12.8 Å². The zero-order chi connectivity index (χ0) is 46.0. The van der Waals surface area contributed by atoms with Gasteiger partial charge < -0.3 is 9.80 Å². The lowest BCUT2D eigenvalue weighted by atomic mass is 9.66. The fraction of sp³-hybridized carbons (Fsp3) is 0.176. The Morgan fingerprint density at radius 2 is 0.800 bits per heavy atom. The van der Waals surface area contributed by atoms with Gasteiger partial charge in [-0.25, -0.2) is 0 Å². The summed E-state index contributed by atoms with van der Waals surface area (Å²) >= 11 is 0. The molecule has 0 saturated heterocycles. The summed E-state index contributed by atoms with van der Waals surface area (Å²) in [6.07, 6.45) is 17.1. The van der Waals surface area contributed by atoms with Crippen LogP contribution in [0.25, 0.3) is 65.3 Å². The van der Waals surface area contributed by atoms with Crippen LogP contribution in [0.15, 0.2) is 218 Å². The lowest BCUT2D eigenvalue weighted by Gasteiger charge is -2.46. The van der Waals surface area contributed by atoms with Crippen molar-refractivity contribution >= 4 is 71.5 Å². The molecular formula is C68H54N2. The summed E-state index contributed by atoms with van der Waals surface area (Å²) in [5.41, 5.74) is 19.1. The van der Waals surface area contributed by atoms with Crippen LogP contribution in [0.4, 0.5) is 28.4 Å². The lowest BCUT2D eigenvalue weighted by molar-refractivity contribution is 0.487.